The van der Waals surface area contributed by atoms with Crippen molar-refractivity contribution in [1.29, 1.82) is 0 Å². The zero-order valence-corrected chi connectivity index (χ0v) is 12.2. The highest BCUT2D eigenvalue weighted by atomic mass is 35.5. The quantitative estimate of drug-likeness (QED) is 0.817. The van der Waals surface area contributed by atoms with E-state index < -0.39 is 0 Å². The summed E-state index contributed by atoms with van der Waals surface area (Å²) in [6.45, 7) is 1.85. The van der Waals surface area contributed by atoms with E-state index in [1.54, 1.807) is 31.4 Å². The van der Waals surface area contributed by atoms with Crippen LogP contribution in [0.25, 0.3) is 11.1 Å². The number of benzene rings is 1. The summed E-state index contributed by atoms with van der Waals surface area (Å²) < 4.78 is 6.69. The summed E-state index contributed by atoms with van der Waals surface area (Å²) in [5.41, 5.74) is 2.74. The average Bonchev–Trinajstić information content (AvgIpc) is 2.41. The number of hydrogen-bond acceptors (Lipinski definition) is 3. The van der Waals surface area contributed by atoms with Crippen LogP contribution in [0.4, 0.5) is 0 Å². The summed E-state index contributed by atoms with van der Waals surface area (Å²) in [7, 11) is 3.17. The molecule has 0 fully saturated rings. The van der Waals surface area contributed by atoms with Crippen LogP contribution in [0.2, 0.25) is 5.02 Å². The molecule has 0 radical (unpaired) electrons. The Hall–Kier alpha value is -2.07. The first kappa shape index (κ1) is 14.3. The molecule has 0 saturated carbocycles. The predicted molar refractivity (Wildman–Crippen MR) is 78.8 cm³/mol. The van der Waals surface area contributed by atoms with Crippen molar-refractivity contribution < 1.29 is 9.53 Å². The SMILES string of the molecule is COc1cc(-c2cn(C)c(=O)cc2C)cc(Cl)c1C=O. The number of ether oxygens (including phenoxy) is 1. The number of carbonyl (C=O) groups is 1. The topological polar surface area (TPSA) is 48.3 Å². The summed E-state index contributed by atoms with van der Waals surface area (Å²) in [6.07, 6.45) is 2.40. The van der Waals surface area contributed by atoms with Crippen molar-refractivity contribution in [3.8, 4) is 16.9 Å². The van der Waals surface area contributed by atoms with Gasteiger partial charge >= 0.3 is 0 Å². The second-order valence-electron chi connectivity index (χ2n) is 4.51. The Bertz CT molecular complexity index is 735. The Labute approximate surface area is 121 Å². The summed E-state index contributed by atoms with van der Waals surface area (Å²) in [4.78, 5) is 22.6. The summed E-state index contributed by atoms with van der Waals surface area (Å²) in [5, 5.41) is 0.322. The van der Waals surface area contributed by atoms with Gasteiger partial charge in [-0.3, -0.25) is 9.59 Å². The fourth-order valence-corrected chi connectivity index (χ4v) is 2.31. The molecule has 0 N–H and O–H groups in total. The van der Waals surface area contributed by atoms with Crippen molar-refractivity contribution in [2.75, 3.05) is 7.11 Å². The van der Waals surface area contributed by atoms with Crippen LogP contribution in [-0.4, -0.2) is 18.0 Å². The first-order chi connectivity index (χ1) is 9.47. The van der Waals surface area contributed by atoms with Crippen LogP contribution in [0, 0.1) is 6.92 Å². The third-order valence-electron chi connectivity index (χ3n) is 3.18. The van der Waals surface area contributed by atoms with Gasteiger partial charge in [0.15, 0.2) is 6.29 Å². The molecule has 0 amide bonds. The number of rotatable bonds is 3. The van der Waals surface area contributed by atoms with Crippen molar-refractivity contribution in [2.24, 2.45) is 7.05 Å². The Balaban J connectivity index is 2.71. The number of carbonyl (C=O) groups excluding carboxylic acids is 1. The highest BCUT2D eigenvalue weighted by molar-refractivity contribution is 6.33. The molecule has 0 aliphatic heterocycles. The van der Waals surface area contributed by atoms with E-state index in [4.69, 9.17) is 16.3 Å². The molecular formula is C15H14ClNO3. The van der Waals surface area contributed by atoms with Gasteiger partial charge in [0.1, 0.15) is 5.75 Å². The van der Waals surface area contributed by atoms with Crippen molar-refractivity contribution in [3.63, 3.8) is 0 Å². The summed E-state index contributed by atoms with van der Waals surface area (Å²) in [6, 6.07) is 4.99. The molecule has 2 aromatic rings. The van der Waals surface area contributed by atoms with E-state index in [1.807, 2.05) is 6.92 Å². The highest BCUT2D eigenvalue weighted by Gasteiger charge is 2.12. The number of halogens is 1. The summed E-state index contributed by atoms with van der Waals surface area (Å²) in [5.74, 6) is 0.413. The maximum absolute atomic E-state index is 11.6. The maximum Gasteiger partial charge on any atom is 0.250 e. The van der Waals surface area contributed by atoms with Crippen LogP contribution in [0.15, 0.2) is 29.2 Å². The molecule has 1 heterocycles. The first-order valence-electron chi connectivity index (χ1n) is 5.98. The van der Waals surface area contributed by atoms with Crippen molar-refractivity contribution >= 4 is 17.9 Å². The van der Waals surface area contributed by atoms with E-state index in [-0.39, 0.29) is 5.56 Å². The fourth-order valence-electron chi connectivity index (χ4n) is 2.06. The Morgan fingerprint density at radius 3 is 2.60 bits per heavy atom. The molecule has 20 heavy (non-hydrogen) atoms. The third-order valence-corrected chi connectivity index (χ3v) is 3.49. The molecular weight excluding hydrogens is 278 g/mol. The van der Waals surface area contributed by atoms with Gasteiger partial charge in [0.25, 0.3) is 5.56 Å². The first-order valence-corrected chi connectivity index (χ1v) is 6.36. The summed E-state index contributed by atoms with van der Waals surface area (Å²) >= 11 is 6.11. The molecule has 4 nitrogen and oxygen atoms in total. The molecule has 5 heteroatoms. The van der Waals surface area contributed by atoms with Gasteiger partial charge in [-0.1, -0.05) is 11.6 Å². The van der Waals surface area contributed by atoms with Crippen LogP contribution in [0.1, 0.15) is 15.9 Å². The van der Waals surface area contributed by atoms with Gasteiger partial charge < -0.3 is 9.30 Å². The number of pyridine rings is 1. The second-order valence-corrected chi connectivity index (χ2v) is 4.92. The predicted octanol–water partition coefficient (Wildman–Crippen LogP) is 2.84. The van der Waals surface area contributed by atoms with E-state index in [0.29, 0.717) is 22.6 Å². The largest absolute Gasteiger partial charge is 0.496 e. The molecule has 0 atom stereocenters. The van der Waals surface area contributed by atoms with Crippen molar-refractivity contribution in [3.05, 3.63) is 50.9 Å². The van der Waals surface area contributed by atoms with Crippen LogP contribution in [-0.2, 0) is 7.05 Å². The van der Waals surface area contributed by atoms with Gasteiger partial charge in [-0.15, -0.1) is 0 Å². The average molecular weight is 292 g/mol. The number of aromatic nitrogens is 1. The van der Waals surface area contributed by atoms with Crippen LogP contribution < -0.4 is 10.3 Å². The minimum Gasteiger partial charge on any atom is -0.496 e. The zero-order valence-electron chi connectivity index (χ0n) is 11.4. The third kappa shape index (κ3) is 2.47. The van der Waals surface area contributed by atoms with Crippen LogP contribution in [0.5, 0.6) is 5.75 Å². The number of methoxy groups -OCH3 is 1. The molecule has 0 aliphatic rings. The lowest BCUT2D eigenvalue weighted by Crippen LogP contribution is -2.15. The van der Waals surface area contributed by atoms with Gasteiger partial charge in [0.05, 0.1) is 17.7 Å². The molecule has 1 aromatic heterocycles. The van der Waals surface area contributed by atoms with E-state index in [0.717, 1.165) is 16.7 Å². The number of aldehydes is 1. The number of aryl methyl sites for hydroxylation is 2. The minimum absolute atomic E-state index is 0.0752. The minimum atomic E-state index is -0.0752. The van der Waals surface area contributed by atoms with Gasteiger partial charge in [0.2, 0.25) is 0 Å². The van der Waals surface area contributed by atoms with Gasteiger partial charge in [-0.25, -0.2) is 0 Å². The van der Waals surface area contributed by atoms with Crippen molar-refractivity contribution in [1.82, 2.24) is 4.57 Å². The molecule has 0 bridgehead atoms. The monoisotopic (exact) mass is 291 g/mol. The van der Waals surface area contributed by atoms with E-state index in [1.165, 1.54) is 11.7 Å². The van der Waals surface area contributed by atoms with E-state index in [9.17, 15) is 9.59 Å². The number of nitrogens with zero attached hydrogens (tertiary/aromatic N) is 1. The molecule has 2 rings (SSSR count). The molecule has 104 valence electrons. The fraction of sp³-hybridized carbons (Fsp3) is 0.200. The van der Waals surface area contributed by atoms with Gasteiger partial charge in [0, 0.05) is 24.9 Å². The van der Waals surface area contributed by atoms with E-state index >= 15 is 0 Å². The Morgan fingerprint density at radius 2 is 2.00 bits per heavy atom. The molecule has 0 aliphatic carbocycles. The van der Waals surface area contributed by atoms with Gasteiger partial charge in [-0.2, -0.15) is 0 Å². The molecule has 0 saturated heterocycles. The Kier molecular flexibility index (Phi) is 3.95. The normalized spacial score (nSPS) is 10.4. The standard InChI is InChI=1S/C15H14ClNO3/c1-9-4-15(19)17(2)7-11(9)10-5-13(16)12(8-18)14(6-10)20-3/h4-8H,1-3H3. The lowest BCUT2D eigenvalue weighted by Gasteiger charge is -2.12. The smallest absolute Gasteiger partial charge is 0.250 e. The lowest BCUT2D eigenvalue weighted by atomic mass is 10.0. The Morgan fingerprint density at radius 1 is 1.30 bits per heavy atom. The highest BCUT2D eigenvalue weighted by Crippen LogP contribution is 2.33. The second kappa shape index (κ2) is 5.51. The number of hydrogen-bond donors (Lipinski definition) is 0. The zero-order chi connectivity index (χ0) is 14.9. The van der Waals surface area contributed by atoms with Crippen LogP contribution >= 0.6 is 11.6 Å². The van der Waals surface area contributed by atoms with Gasteiger partial charge in [-0.05, 0) is 30.2 Å². The maximum atomic E-state index is 11.6. The molecule has 1 aromatic carbocycles. The van der Waals surface area contributed by atoms with Crippen LogP contribution in [0.3, 0.4) is 0 Å². The van der Waals surface area contributed by atoms with E-state index in [2.05, 4.69) is 0 Å². The van der Waals surface area contributed by atoms with Crippen molar-refractivity contribution in [2.45, 2.75) is 6.92 Å². The molecule has 0 spiro atoms. The molecule has 0 unspecified atom stereocenters. The lowest BCUT2D eigenvalue weighted by molar-refractivity contribution is 0.112.